The second-order valence-electron chi connectivity index (χ2n) is 7.49. The summed E-state index contributed by atoms with van der Waals surface area (Å²) in [6, 6.07) is 19.3. The molecular formula is C23H27N3. The first-order valence-corrected chi connectivity index (χ1v) is 9.64. The molecule has 0 amide bonds. The summed E-state index contributed by atoms with van der Waals surface area (Å²) in [5.74, 6) is 0.823. The van der Waals surface area contributed by atoms with Gasteiger partial charge in [-0.25, -0.2) is 4.68 Å². The molecule has 134 valence electrons. The average Bonchev–Trinajstić information content (AvgIpc) is 3.13. The molecule has 1 saturated heterocycles. The molecule has 0 bridgehead atoms. The van der Waals surface area contributed by atoms with E-state index in [1.165, 1.54) is 54.7 Å². The van der Waals surface area contributed by atoms with Crippen LogP contribution >= 0.6 is 0 Å². The SMILES string of the molecule is Cc1ccccc1-n1cc(CN2CCC(Cc3ccccc3)CC2)cn1. The van der Waals surface area contributed by atoms with E-state index in [4.69, 9.17) is 0 Å². The highest BCUT2D eigenvalue weighted by atomic mass is 15.3. The van der Waals surface area contributed by atoms with Crippen molar-refractivity contribution in [1.82, 2.24) is 14.7 Å². The first kappa shape index (κ1) is 17.0. The minimum Gasteiger partial charge on any atom is -0.299 e. The minimum absolute atomic E-state index is 0.823. The van der Waals surface area contributed by atoms with E-state index in [0.29, 0.717) is 0 Å². The van der Waals surface area contributed by atoms with E-state index < -0.39 is 0 Å². The maximum absolute atomic E-state index is 4.57. The van der Waals surface area contributed by atoms with E-state index in [-0.39, 0.29) is 0 Å². The monoisotopic (exact) mass is 345 g/mol. The van der Waals surface area contributed by atoms with E-state index in [1.807, 2.05) is 10.9 Å². The second kappa shape index (κ2) is 7.88. The summed E-state index contributed by atoms with van der Waals surface area (Å²) in [7, 11) is 0. The molecular weight excluding hydrogens is 318 g/mol. The van der Waals surface area contributed by atoms with Gasteiger partial charge in [0.2, 0.25) is 0 Å². The van der Waals surface area contributed by atoms with Gasteiger partial charge in [0.1, 0.15) is 0 Å². The number of hydrogen-bond donors (Lipinski definition) is 0. The number of likely N-dealkylation sites (tertiary alicyclic amines) is 1. The molecule has 26 heavy (non-hydrogen) atoms. The van der Waals surface area contributed by atoms with E-state index in [9.17, 15) is 0 Å². The number of para-hydroxylation sites is 1. The third-order valence-corrected chi connectivity index (χ3v) is 5.48. The summed E-state index contributed by atoms with van der Waals surface area (Å²) >= 11 is 0. The molecule has 0 saturated carbocycles. The number of nitrogens with zero attached hydrogens (tertiary/aromatic N) is 3. The van der Waals surface area contributed by atoms with Crippen LogP contribution in [0.4, 0.5) is 0 Å². The summed E-state index contributed by atoms with van der Waals surface area (Å²) in [4.78, 5) is 2.57. The Bertz CT molecular complexity index is 829. The summed E-state index contributed by atoms with van der Waals surface area (Å²) in [5.41, 5.74) is 5.20. The van der Waals surface area contributed by atoms with Crippen molar-refractivity contribution in [2.75, 3.05) is 13.1 Å². The highest BCUT2D eigenvalue weighted by Gasteiger charge is 2.20. The molecule has 0 atom stereocenters. The number of piperidine rings is 1. The summed E-state index contributed by atoms with van der Waals surface area (Å²) in [6.07, 6.45) is 8.00. The van der Waals surface area contributed by atoms with Gasteiger partial charge in [-0.3, -0.25) is 4.90 Å². The van der Waals surface area contributed by atoms with Gasteiger partial charge in [0.15, 0.2) is 0 Å². The fraction of sp³-hybridized carbons (Fsp3) is 0.348. The van der Waals surface area contributed by atoms with Gasteiger partial charge in [-0.05, 0) is 62.4 Å². The third kappa shape index (κ3) is 4.05. The van der Waals surface area contributed by atoms with Gasteiger partial charge in [0.25, 0.3) is 0 Å². The molecule has 3 heteroatoms. The third-order valence-electron chi connectivity index (χ3n) is 5.48. The Morgan fingerprint density at radius 3 is 2.42 bits per heavy atom. The van der Waals surface area contributed by atoms with Gasteiger partial charge in [0.05, 0.1) is 11.9 Å². The Kier molecular flexibility index (Phi) is 5.16. The molecule has 3 nitrogen and oxygen atoms in total. The van der Waals surface area contributed by atoms with Crippen LogP contribution in [0.2, 0.25) is 0 Å². The van der Waals surface area contributed by atoms with E-state index in [0.717, 1.165) is 12.5 Å². The van der Waals surface area contributed by atoms with Crippen LogP contribution in [0.3, 0.4) is 0 Å². The summed E-state index contributed by atoms with van der Waals surface area (Å²) in [6.45, 7) is 5.51. The van der Waals surface area contributed by atoms with Crippen molar-refractivity contribution >= 4 is 0 Å². The second-order valence-corrected chi connectivity index (χ2v) is 7.49. The van der Waals surface area contributed by atoms with Crippen LogP contribution < -0.4 is 0 Å². The quantitative estimate of drug-likeness (QED) is 0.672. The average molecular weight is 345 g/mol. The van der Waals surface area contributed by atoms with Gasteiger partial charge in [-0.2, -0.15) is 5.10 Å². The molecule has 0 radical (unpaired) electrons. The summed E-state index contributed by atoms with van der Waals surface area (Å²) < 4.78 is 2.01. The van der Waals surface area contributed by atoms with E-state index >= 15 is 0 Å². The van der Waals surface area contributed by atoms with Gasteiger partial charge >= 0.3 is 0 Å². The highest BCUT2D eigenvalue weighted by Crippen LogP contribution is 2.23. The van der Waals surface area contributed by atoms with Crippen LogP contribution in [0.25, 0.3) is 5.69 Å². The fourth-order valence-corrected chi connectivity index (χ4v) is 3.95. The molecule has 0 aliphatic carbocycles. The van der Waals surface area contributed by atoms with Crippen molar-refractivity contribution in [2.45, 2.75) is 32.7 Å². The topological polar surface area (TPSA) is 21.1 Å². The van der Waals surface area contributed by atoms with Crippen molar-refractivity contribution in [1.29, 1.82) is 0 Å². The van der Waals surface area contributed by atoms with Gasteiger partial charge in [-0.15, -0.1) is 0 Å². The van der Waals surface area contributed by atoms with Crippen LogP contribution in [0, 0.1) is 12.8 Å². The van der Waals surface area contributed by atoms with Crippen molar-refractivity contribution in [3.8, 4) is 5.69 Å². The zero-order valence-electron chi connectivity index (χ0n) is 15.5. The highest BCUT2D eigenvalue weighted by molar-refractivity contribution is 5.39. The normalized spacial score (nSPS) is 16.0. The molecule has 2 heterocycles. The molecule has 2 aromatic carbocycles. The number of benzene rings is 2. The Labute approximate surface area is 156 Å². The molecule has 1 aliphatic rings. The van der Waals surface area contributed by atoms with Crippen LogP contribution in [-0.4, -0.2) is 27.8 Å². The number of aryl methyl sites for hydroxylation is 1. The van der Waals surface area contributed by atoms with Crippen LogP contribution in [-0.2, 0) is 13.0 Å². The molecule has 0 spiro atoms. The zero-order valence-corrected chi connectivity index (χ0v) is 15.5. The lowest BCUT2D eigenvalue weighted by Crippen LogP contribution is -2.33. The number of hydrogen-bond acceptors (Lipinski definition) is 2. The molecule has 1 aromatic heterocycles. The molecule has 4 rings (SSSR count). The molecule has 1 aliphatic heterocycles. The largest absolute Gasteiger partial charge is 0.299 e. The van der Waals surface area contributed by atoms with Crippen molar-refractivity contribution < 1.29 is 0 Å². The number of rotatable bonds is 5. The fourth-order valence-electron chi connectivity index (χ4n) is 3.95. The maximum atomic E-state index is 4.57. The zero-order chi connectivity index (χ0) is 17.8. The van der Waals surface area contributed by atoms with Gasteiger partial charge in [-0.1, -0.05) is 48.5 Å². The Morgan fingerprint density at radius 1 is 0.923 bits per heavy atom. The molecule has 0 N–H and O–H groups in total. The predicted molar refractivity (Wildman–Crippen MR) is 106 cm³/mol. The standard InChI is InChI=1S/C23H27N3/c1-19-7-5-6-10-23(19)26-18-22(16-24-26)17-25-13-11-21(12-14-25)15-20-8-3-2-4-9-20/h2-10,16,18,21H,11-15,17H2,1H3. The van der Waals surface area contributed by atoms with Gasteiger partial charge in [0, 0.05) is 18.3 Å². The maximum Gasteiger partial charge on any atom is 0.0674 e. The van der Waals surface area contributed by atoms with Crippen molar-refractivity contribution in [3.63, 3.8) is 0 Å². The van der Waals surface area contributed by atoms with Crippen molar-refractivity contribution in [2.24, 2.45) is 5.92 Å². The van der Waals surface area contributed by atoms with E-state index in [1.54, 1.807) is 0 Å². The molecule has 1 fully saturated rings. The van der Waals surface area contributed by atoms with Crippen LogP contribution in [0.1, 0.15) is 29.5 Å². The smallest absolute Gasteiger partial charge is 0.0674 e. The van der Waals surface area contributed by atoms with Crippen molar-refractivity contribution in [3.05, 3.63) is 83.7 Å². The van der Waals surface area contributed by atoms with Crippen LogP contribution in [0.5, 0.6) is 0 Å². The van der Waals surface area contributed by atoms with Gasteiger partial charge < -0.3 is 0 Å². The Morgan fingerprint density at radius 2 is 1.65 bits per heavy atom. The summed E-state index contributed by atoms with van der Waals surface area (Å²) in [5, 5.41) is 4.57. The lowest BCUT2D eigenvalue weighted by Gasteiger charge is -2.31. The molecule has 3 aromatic rings. The lowest BCUT2D eigenvalue weighted by atomic mass is 9.90. The minimum atomic E-state index is 0.823. The first-order valence-electron chi connectivity index (χ1n) is 9.64. The number of aromatic nitrogens is 2. The van der Waals surface area contributed by atoms with E-state index in [2.05, 4.69) is 77.7 Å². The Hall–Kier alpha value is -2.39. The Balaban J connectivity index is 1.32. The first-order chi connectivity index (χ1) is 12.8. The molecule has 0 unspecified atom stereocenters. The lowest BCUT2D eigenvalue weighted by molar-refractivity contribution is 0.177. The van der Waals surface area contributed by atoms with Crippen LogP contribution in [0.15, 0.2) is 67.0 Å². The predicted octanol–water partition coefficient (Wildman–Crippen LogP) is 4.64.